The second-order valence-electron chi connectivity index (χ2n) is 3.82. The summed E-state index contributed by atoms with van der Waals surface area (Å²) in [6.07, 6.45) is 0. The minimum Gasteiger partial charge on any atom is -0.386 e. The molecule has 2 N–H and O–H groups in total. The third kappa shape index (κ3) is 3.92. The van der Waals surface area contributed by atoms with Crippen molar-refractivity contribution >= 4 is 33.1 Å². The highest BCUT2D eigenvalue weighted by Crippen LogP contribution is 2.19. The van der Waals surface area contributed by atoms with Crippen molar-refractivity contribution in [3.05, 3.63) is 24.3 Å². The fourth-order valence-electron chi connectivity index (χ4n) is 1.60. The molecule has 5 nitrogen and oxygen atoms in total. The van der Waals surface area contributed by atoms with E-state index in [1.807, 2.05) is 0 Å². The molecule has 1 aromatic carbocycles. The molecular formula is C12H18ClN3O2S. The summed E-state index contributed by atoms with van der Waals surface area (Å²) in [5.41, 5.74) is 6.09. The Balaban J connectivity index is 3.05. The van der Waals surface area contributed by atoms with Gasteiger partial charge >= 0.3 is 0 Å². The lowest BCUT2D eigenvalue weighted by Gasteiger charge is -2.18. The standard InChI is InChI=1S/C12H18ClN3O2S/c1-3-16(4-2)19(17,18)11-7-5-10(6-8-11)15-12(14)9-13/h5-8H,3-4,9H2,1-2H3,(H2,14,15). The molecule has 0 aliphatic rings. The van der Waals surface area contributed by atoms with Crippen LogP contribution in [0.4, 0.5) is 5.69 Å². The van der Waals surface area contributed by atoms with E-state index in [0.717, 1.165) is 0 Å². The first kappa shape index (κ1) is 15.9. The molecule has 0 amide bonds. The summed E-state index contributed by atoms with van der Waals surface area (Å²) in [4.78, 5) is 4.29. The highest BCUT2D eigenvalue weighted by atomic mass is 35.5. The predicted molar refractivity (Wildman–Crippen MR) is 78.6 cm³/mol. The van der Waals surface area contributed by atoms with Crippen LogP contribution in [0.3, 0.4) is 0 Å². The smallest absolute Gasteiger partial charge is 0.243 e. The molecule has 0 spiro atoms. The molecule has 0 saturated carbocycles. The Morgan fingerprint density at radius 2 is 1.79 bits per heavy atom. The zero-order valence-corrected chi connectivity index (χ0v) is 12.6. The van der Waals surface area contributed by atoms with Crippen molar-refractivity contribution in [2.45, 2.75) is 18.7 Å². The molecule has 0 bridgehead atoms. The number of alkyl halides is 1. The van der Waals surface area contributed by atoms with Gasteiger partial charge in [0, 0.05) is 13.1 Å². The highest BCUT2D eigenvalue weighted by molar-refractivity contribution is 7.89. The Kier molecular flexibility index (Phi) is 5.78. The van der Waals surface area contributed by atoms with Crippen LogP contribution < -0.4 is 5.73 Å². The van der Waals surface area contributed by atoms with E-state index < -0.39 is 10.0 Å². The van der Waals surface area contributed by atoms with Crippen molar-refractivity contribution in [2.24, 2.45) is 10.7 Å². The highest BCUT2D eigenvalue weighted by Gasteiger charge is 2.20. The van der Waals surface area contributed by atoms with Gasteiger partial charge in [-0.05, 0) is 24.3 Å². The average Bonchev–Trinajstić information content (AvgIpc) is 2.40. The molecule has 0 radical (unpaired) electrons. The Morgan fingerprint density at radius 1 is 1.26 bits per heavy atom. The number of hydrogen-bond donors (Lipinski definition) is 1. The molecule has 0 heterocycles. The van der Waals surface area contributed by atoms with Gasteiger partial charge in [0.25, 0.3) is 0 Å². The third-order valence-electron chi connectivity index (χ3n) is 2.59. The fraction of sp³-hybridized carbons (Fsp3) is 0.417. The Morgan fingerprint density at radius 3 is 2.21 bits per heavy atom. The molecule has 0 unspecified atom stereocenters. The van der Waals surface area contributed by atoms with Gasteiger partial charge in [-0.3, -0.25) is 0 Å². The van der Waals surface area contributed by atoms with Crippen LogP contribution in [0.5, 0.6) is 0 Å². The maximum atomic E-state index is 12.2. The van der Waals surface area contributed by atoms with E-state index in [4.69, 9.17) is 17.3 Å². The van der Waals surface area contributed by atoms with E-state index in [-0.39, 0.29) is 10.8 Å². The van der Waals surface area contributed by atoms with Crippen LogP contribution in [0, 0.1) is 0 Å². The lowest BCUT2D eigenvalue weighted by molar-refractivity contribution is 0.445. The predicted octanol–water partition coefficient (Wildman–Crippen LogP) is 1.94. The third-order valence-corrected chi connectivity index (χ3v) is 4.93. The lowest BCUT2D eigenvalue weighted by atomic mass is 10.3. The number of aliphatic imine (C=N–C) groups is 1. The van der Waals surface area contributed by atoms with E-state index in [1.54, 1.807) is 26.0 Å². The van der Waals surface area contributed by atoms with E-state index in [1.165, 1.54) is 16.4 Å². The number of nitrogens with two attached hydrogens (primary N) is 1. The number of amidine groups is 1. The maximum absolute atomic E-state index is 12.2. The summed E-state index contributed by atoms with van der Waals surface area (Å²) in [7, 11) is -3.42. The lowest BCUT2D eigenvalue weighted by Crippen LogP contribution is -2.30. The molecule has 19 heavy (non-hydrogen) atoms. The number of nitrogens with zero attached hydrogens (tertiary/aromatic N) is 2. The van der Waals surface area contributed by atoms with Gasteiger partial charge in [-0.1, -0.05) is 13.8 Å². The van der Waals surface area contributed by atoms with Gasteiger partial charge in [0.05, 0.1) is 16.5 Å². The molecule has 0 atom stereocenters. The van der Waals surface area contributed by atoms with Gasteiger partial charge in [0.15, 0.2) is 0 Å². The van der Waals surface area contributed by atoms with Gasteiger partial charge < -0.3 is 5.73 Å². The van der Waals surface area contributed by atoms with Crippen LogP contribution in [0.25, 0.3) is 0 Å². The average molecular weight is 304 g/mol. The van der Waals surface area contributed by atoms with Crippen LogP contribution in [0.2, 0.25) is 0 Å². The number of halogens is 1. The zero-order valence-electron chi connectivity index (χ0n) is 11.0. The zero-order chi connectivity index (χ0) is 14.5. The summed E-state index contributed by atoms with van der Waals surface area (Å²) in [5.74, 6) is 0.431. The maximum Gasteiger partial charge on any atom is 0.243 e. The SMILES string of the molecule is CCN(CC)S(=O)(=O)c1ccc(N=C(N)CCl)cc1. The van der Waals surface area contributed by atoms with E-state index in [2.05, 4.69) is 4.99 Å². The summed E-state index contributed by atoms with van der Waals surface area (Å²) in [6.45, 7) is 4.50. The molecule has 1 aromatic rings. The largest absolute Gasteiger partial charge is 0.386 e. The van der Waals surface area contributed by atoms with Gasteiger partial charge in [-0.15, -0.1) is 11.6 Å². The molecule has 1 rings (SSSR count). The molecule has 0 aromatic heterocycles. The normalized spacial score (nSPS) is 12.9. The van der Waals surface area contributed by atoms with Gasteiger partial charge in [0.2, 0.25) is 10.0 Å². The van der Waals surface area contributed by atoms with Crippen molar-refractivity contribution in [1.82, 2.24) is 4.31 Å². The quantitative estimate of drug-likeness (QED) is 0.496. The van der Waals surface area contributed by atoms with Crippen LogP contribution in [0.15, 0.2) is 34.2 Å². The molecule has 0 aliphatic carbocycles. The molecular weight excluding hydrogens is 286 g/mol. The van der Waals surface area contributed by atoms with E-state index in [0.29, 0.717) is 24.6 Å². The first-order valence-electron chi connectivity index (χ1n) is 5.94. The minimum atomic E-state index is -3.42. The molecule has 0 saturated heterocycles. The second-order valence-corrected chi connectivity index (χ2v) is 6.03. The Bertz CT molecular complexity index is 537. The summed E-state index contributed by atoms with van der Waals surface area (Å²) < 4.78 is 25.9. The molecule has 0 fully saturated rings. The monoisotopic (exact) mass is 303 g/mol. The number of rotatable bonds is 6. The Hall–Kier alpha value is -1.11. The molecule has 0 aliphatic heterocycles. The van der Waals surface area contributed by atoms with Crippen LogP contribution >= 0.6 is 11.6 Å². The summed E-state index contributed by atoms with van der Waals surface area (Å²) in [6, 6.07) is 6.26. The van der Waals surface area contributed by atoms with Crippen molar-refractivity contribution in [3.8, 4) is 0 Å². The van der Waals surface area contributed by atoms with Gasteiger partial charge in [-0.2, -0.15) is 4.31 Å². The summed E-state index contributed by atoms with van der Waals surface area (Å²) in [5, 5.41) is 0. The van der Waals surface area contributed by atoms with Crippen LogP contribution in [0.1, 0.15) is 13.8 Å². The fourth-order valence-corrected chi connectivity index (χ4v) is 3.12. The van der Waals surface area contributed by atoms with Crippen molar-refractivity contribution < 1.29 is 8.42 Å². The minimum absolute atomic E-state index is 0.138. The van der Waals surface area contributed by atoms with Crippen molar-refractivity contribution in [1.29, 1.82) is 0 Å². The number of hydrogen-bond acceptors (Lipinski definition) is 3. The number of benzene rings is 1. The van der Waals surface area contributed by atoms with Gasteiger partial charge in [-0.25, -0.2) is 13.4 Å². The van der Waals surface area contributed by atoms with Crippen LogP contribution in [-0.2, 0) is 10.0 Å². The van der Waals surface area contributed by atoms with E-state index in [9.17, 15) is 8.42 Å². The Labute approximate surface area is 119 Å². The van der Waals surface area contributed by atoms with Gasteiger partial charge in [0.1, 0.15) is 5.84 Å². The van der Waals surface area contributed by atoms with Crippen molar-refractivity contribution in [2.75, 3.05) is 19.0 Å². The first-order valence-corrected chi connectivity index (χ1v) is 7.92. The topological polar surface area (TPSA) is 75.8 Å². The first-order chi connectivity index (χ1) is 8.95. The summed E-state index contributed by atoms with van der Waals surface area (Å²) >= 11 is 5.53. The second kappa shape index (κ2) is 6.88. The molecule has 106 valence electrons. The van der Waals surface area contributed by atoms with Crippen LogP contribution in [-0.4, -0.2) is 37.5 Å². The van der Waals surface area contributed by atoms with E-state index >= 15 is 0 Å². The molecule has 7 heteroatoms. The number of sulfonamides is 1. The van der Waals surface area contributed by atoms with Crippen molar-refractivity contribution in [3.63, 3.8) is 0 Å².